The van der Waals surface area contributed by atoms with Gasteiger partial charge in [-0.3, -0.25) is 0 Å². The van der Waals surface area contributed by atoms with Gasteiger partial charge in [0.2, 0.25) is 5.89 Å². The van der Waals surface area contributed by atoms with Crippen molar-refractivity contribution in [1.82, 2.24) is 15.5 Å². The molecule has 102 valence electrons. The van der Waals surface area contributed by atoms with Crippen molar-refractivity contribution in [2.45, 2.75) is 19.4 Å². The lowest BCUT2D eigenvalue weighted by Crippen LogP contribution is -2.23. The smallest absolute Gasteiger partial charge is 0.227 e. The molecule has 1 aromatic carbocycles. The molecule has 1 heterocycles. The van der Waals surface area contributed by atoms with Gasteiger partial charge in [-0.2, -0.15) is 4.98 Å². The summed E-state index contributed by atoms with van der Waals surface area (Å²) in [4.78, 5) is 4.07. The van der Waals surface area contributed by atoms with Gasteiger partial charge in [-0.15, -0.1) is 0 Å². The molecule has 0 spiro atoms. The molecule has 6 heteroatoms. The monoisotopic (exact) mass is 265 g/mol. The predicted octanol–water partition coefficient (Wildman–Crippen LogP) is 1.38. The van der Waals surface area contributed by atoms with Crippen LogP contribution in [0.4, 0.5) is 4.39 Å². The maximum Gasteiger partial charge on any atom is 0.227 e. The van der Waals surface area contributed by atoms with Crippen LogP contribution in [0.15, 0.2) is 28.8 Å². The van der Waals surface area contributed by atoms with Crippen LogP contribution in [0.5, 0.6) is 0 Å². The summed E-state index contributed by atoms with van der Waals surface area (Å²) in [5.41, 5.74) is 0.683. The van der Waals surface area contributed by atoms with Crippen molar-refractivity contribution in [1.29, 1.82) is 0 Å². The zero-order valence-corrected chi connectivity index (χ0v) is 10.6. The number of hydrogen-bond donors (Lipinski definition) is 2. The third kappa shape index (κ3) is 4.11. The van der Waals surface area contributed by atoms with Crippen LogP contribution in [-0.4, -0.2) is 28.3 Å². The Morgan fingerprint density at radius 3 is 2.74 bits per heavy atom. The summed E-state index contributed by atoms with van der Waals surface area (Å²) in [5, 5.41) is 16.6. The van der Waals surface area contributed by atoms with Gasteiger partial charge in [0.1, 0.15) is 5.82 Å². The maximum atomic E-state index is 12.7. The average molecular weight is 265 g/mol. The van der Waals surface area contributed by atoms with Crippen molar-refractivity contribution in [2.75, 3.05) is 13.1 Å². The molecular weight excluding hydrogens is 249 g/mol. The summed E-state index contributed by atoms with van der Waals surface area (Å²) >= 11 is 0. The largest absolute Gasteiger partial charge is 0.387 e. The number of halogens is 1. The van der Waals surface area contributed by atoms with Crippen molar-refractivity contribution in [3.8, 4) is 0 Å². The number of nitrogens with one attached hydrogen (secondary N) is 1. The minimum atomic E-state index is -0.662. The molecule has 0 aliphatic heterocycles. The van der Waals surface area contributed by atoms with Gasteiger partial charge >= 0.3 is 0 Å². The molecule has 0 fully saturated rings. The summed E-state index contributed by atoms with van der Waals surface area (Å²) in [6, 6.07) is 5.81. The number of aliphatic hydroxyl groups is 1. The van der Waals surface area contributed by atoms with Gasteiger partial charge in [0, 0.05) is 19.5 Å². The predicted molar refractivity (Wildman–Crippen MR) is 67.0 cm³/mol. The number of hydrogen-bond acceptors (Lipinski definition) is 5. The Morgan fingerprint density at radius 1 is 1.37 bits per heavy atom. The Bertz CT molecular complexity index is 513. The first-order valence-corrected chi connectivity index (χ1v) is 6.08. The van der Waals surface area contributed by atoms with E-state index in [1.54, 1.807) is 19.1 Å². The van der Waals surface area contributed by atoms with Gasteiger partial charge in [0.05, 0.1) is 6.10 Å². The second-order valence-electron chi connectivity index (χ2n) is 4.26. The van der Waals surface area contributed by atoms with Gasteiger partial charge < -0.3 is 14.9 Å². The Hall–Kier alpha value is -1.79. The van der Waals surface area contributed by atoms with E-state index in [4.69, 9.17) is 4.52 Å². The van der Waals surface area contributed by atoms with E-state index in [0.717, 1.165) is 0 Å². The summed E-state index contributed by atoms with van der Waals surface area (Å²) in [6.07, 6.45) is -0.0539. The molecule has 2 N–H and O–H groups in total. The van der Waals surface area contributed by atoms with E-state index < -0.39 is 6.10 Å². The topological polar surface area (TPSA) is 71.2 Å². The Balaban J connectivity index is 1.72. The Kier molecular flexibility index (Phi) is 4.59. The number of aromatic nitrogens is 2. The minimum absolute atomic E-state index is 0.310. The van der Waals surface area contributed by atoms with Crippen LogP contribution >= 0.6 is 0 Å². The molecule has 0 saturated heterocycles. The van der Waals surface area contributed by atoms with E-state index in [0.29, 0.717) is 36.8 Å². The molecule has 1 unspecified atom stereocenters. The van der Waals surface area contributed by atoms with Crippen molar-refractivity contribution in [2.24, 2.45) is 0 Å². The highest BCUT2D eigenvalue weighted by Gasteiger charge is 2.07. The molecule has 0 aliphatic carbocycles. The van der Waals surface area contributed by atoms with Crippen LogP contribution in [0, 0.1) is 12.7 Å². The van der Waals surface area contributed by atoms with Gasteiger partial charge in [0.15, 0.2) is 5.82 Å². The lowest BCUT2D eigenvalue weighted by molar-refractivity contribution is 0.174. The second-order valence-corrected chi connectivity index (χ2v) is 4.26. The Labute approximate surface area is 110 Å². The van der Waals surface area contributed by atoms with E-state index in [-0.39, 0.29) is 5.82 Å². The summed E-state index contributed by atoms with van der Waals surface area (Å²) < 4.78 is 17.7. The Morgan fingerprint density at radius 2 is 2.11 bits per heavy atom. The van der Waals surface area contributed by atoms with Crippen molar-refractivity contribution >= 4 is 0 Å². The van der Waals surface area contributed by atoms with Crippen LogP contribution in [0.2, 0.25) is 0 Å². The lowest BCUT2D eigenvalue weighted by Gasteiger charge is -2.11. The van der Waals surface area contributed by atoms with Crippen LogP contribution < -0.4 is 5.32 Å². The SMILES string of the molecule is Cc1noc(CCNCC(O)c2ccc(F)cc2)n1. The van der Waals surface area contributed by atoms with Gasteiger partial charge in [-0.05, 0) is 24.6 Å². The number of aliphatic hydroxyl groups excluding tert-OH is 1. The molecule has 0 amide bonds. The normalized spacial score (nSPS) is 12.6. The van der Waals surface area contributed by atoms with Crippen LogP contribution in [0.25, 0.3) is 0 Å². The molecule has 0 bridgehead atoms. The van der Waals surface area contributed by atoms with Crippen molar-refractivity contribution in [3.63, 3.8) is 0 Å². The minimum Gasteiger partial charge on any atom is -0.387 e. The van der Waals surface area contributed by atoms with E-state index in [1.807, 2.05) is 0 Å². The number of nitrogens with zero attached hydrogens (tertiary/aromatic N) is 2. The molecule has 19 heavy (non-hydrogen) atoms. The van der Waals surface area contributed by atoms with E-state index in [1.165, 1.54) is 12.1 Å². The van der Waals surface area contributed by atoms with Crippen molar-refractivity contribution < 1.29 is 14.0 Å². The van der Waals surface area contributed by atoms with E-state index >= 15 is 0 Å². The van der Waals surface area contributed by atoms with Crippen LogP contribution in [-0.2, 0) is 6.42 Å². The summed E-state index contributed by atoms with van der Waals surface area (Å²) in [5.74, 6) is 0.873. The fourth-order valence-electron chi connectivity index (χ4n) is 1.68. The van der Waals surface area contributed by atoms with E-state index in [2.05, 4.69) is 15.5 Å². The lowest BCUT2D eigenvalue weighted by atomic mass is 10.1. The first kappa shape index (κ1) is 13.6. The van der Waals surface area contributed by atoms with Gasteiger partial charge in [-0.1, -0.05) is 17.3 Å². The molecular formula is C13H16FN3O2. The second kappa shape index (κ2) is 6.40. The van der Waals surface area contributed by atoms with Gasteiger partial charge in [0.25, 0.3) is 0 Å². The zero-order valence-electron chi connectivity index (χ0n) is 10.6. The van der Waals surface area contributed by atoms with Crippen molar-refractivity contribution in [3.05, 3.63) is 47.4 Å². The fourth-order valence-corrected chi connectivity index (χ4v) is 1.68. The first-order valence-electron chi connectivity index (χ1n) is 6.08. The highest BCUT2D eigenvalue weighted by atomic mass is 19.1. The number of benzene rings is 1. The highest BCUT2D eigenvalue weighted by Crippen LogP contribution is 2.12. The summed E-state index contributed by atoms with van der Waals surface area (Å²) in [7, 11) is 0. The van der Waals surface area contributed by atoms with Crippen LogP contribution in [0.1, 0.15) is 23.4 Å². The third-order valence-corrected chi connectivity index (χ3v) is 2.68. The standard InChI is InChI=1S/C13H16FN3O2/c1-9-16-13(19-17-9)6-7-15-8-12(18)10-2-4-11(14)5-3-10/h2-5,12,15,18H,6-8H2,1H3. The first-order chi connectivity index (χ1) is 9.15. The van der Waals surface area contributed by atoms with Gasteiger partial charge in [-0.25, -0.2) is 4.39 Å². The number of rotatable bonds is 6. The van der Waals surface area contributed by atoms with E-state index in [9.17, 15) is 9.50 Å². The molecule has 5 nitrogen and oxygen atoms in total. The quantitative estimate of drug-likeness (QED) is 0.772. The maximum absolute atomic E-state index is 12.7. The average Bonchev–Trinajstić information content (AvgIpc) is 2.81. The summed E-state index contributed by atoms with van der Waals surface area (Å²) in [6.45, 7) is 2.78. The molecule has 0 aliphatic rings. The highest BCUT2D eigenvalue weighted by molar-refractivity contribution is 5.18. The zero-order chi connectivity index (χ0) is 13.7. The van der Waals surface area contributed by atoms with Crippen LogP contribution in [0.3, 0.4) is 0 Å². The molecule has 0 saturated carbocycles. The fraction of sp³-hybridized carbons (Fsp3) is 0.385. The molecule has 0 radical (unpaired) electrons. The molecule has 1 aromatic heterocycles. The molecule has 2 rings (SSSR count). The number of aryl methyl sites for hydroxylation is 1. The molecule has 1 atom stereocenters. The molecule has 2 aromatic rings. The third-order valence-electron chi connectivity index (χ3n) is 2.68.